The third-order valence-electron chi connectivity index (χ3n) is 3.14. The van der Waals surface area contributed by atoms with Crippen molar-refractivity contribution in [2.45, 2.75) is 30.9 Å². The van der Waals surface area contributed by atoms with E-state index in [1.54, 1.807) is 12.1 Å². The van der Waals surface area contributed by atoms with Gasteiger partial charge in [0.15, 0.2) is 5.82 Å². The minimum atomic E-state index is -2.87. The lowest BCUT2D eigenvalue weighted by molar-refractivity contribution is -0.0498. The van der Waals surface area contributed by atoms with Gasteiger partial charge in [0.05, 0.1) is 5.75 Å². The number of nitrogens with zero attached hydrogens (tertiary/aromatic N) is 5. The van der Waals surface area contributed by atoms with E-state index in [1.165, 1.54) is 28.6 Å². The largest absolute Gasteiger partial charge is 0.435 e. The Bertz CT molecular complexity index is 836. The molecule has 11 heteroatoms. The van der Waals surface area contributed by atoms with E-state index in [0.29, 0.717) is 40.5 Å². The number of rotatable bonds is 7. The second kappa shape index (κ2) is 7.47. The molecular weight excluding hydrogens is 354 g/mol. The zero-order valence-corrected chi connectivity index (χ0v) is 13.9. The van der Waals surface area contributed by atoms with Crippen molar-refractivity contribution >= 4 is 11.8 Å². The molecular formula is C14H14F2N6O2S. The van der Waals surface area contributed by atoms with Crippen LogP contribution in [0.3, 0.4) is 0 Å². The molecule has 3 aromatic rings. The first-order valence-electron chi connectivity index (χ1n) is 7.26. The van der Waals surface area contributed by atoms with Gasteiger partial charge in [-0.05, 0) is 24.3 Å². The van der Waals surface area contributed by atoms with Crippen LogP contribution in [0, 0.1) is 0 Å². The Morgan fingerprint density at radius 3 is 2.52 bits per heavy atom. The average Bonchev–Trinajstić information content (AvgIpc) is 3.20. The van der Waals surface area contributed by atoms with Crippen LogP contribution in [-0.2, 0) is 12.2 Å². The third-order valence-corrected chi connectivity index (χ3v) is 4.07. The molecule has 0 spiro atoms. The molecule has 132 valence electrons. The lowest BCUT2D eigenvalue weighted by Gasteiger charge is -2.06. The number of nitrogen functional groups attached to an aromatic ring is 1. The van der Waals surface area contributed by atoms with E-state index >= 15 is 0 Å². The van der Waals surface area contributed by atoms with Gasteiger partial charge in [-0.2, -0.15) is 8.78 Å². The summed E-state index contributed by atoms with van der Waals surface area (Å²) in [5, 5.41) is 16.3. The number of alkyl halides is 2. The highest BCUT2D eigenvalue weighted by Gasteiger charge is 2.14. The van der Waals surface area contributed by atoms with Gasteiger partial charge in [0.2, 0.25) is 16.9 Å². The molecule has 0 saturated carbocycles. The smallest absolute Gasteiger partial charge is 0.387 e. The lowest BCUT2D eigenvalue weighted by Crippen LogP contribution is -2.11. The molecule has 2 N–H and O–H groups in total. The number of thioether (sulfide) groups is 1. The summed E-state index contributed by atoms with van der Waals surface area (Å²) in [4.78, 5) is 0. The molecule has 1 aromatic carbocycles. The molecule has 0 unspecified atom stereocenters. The Labute approximate surface area is 145 Å². The number of ether oxygens (including phenoxy) is 1. The number of nitrogens with two attached hydrogens (primary N) is 1. The van der Waals surface area contributed by atoms with Crippen molar-refractivity contribution in [1.82, 2.24) is 25.1 Å². The Balaban J connectivity index is 1.70. The first kappa shape index (κ1) is 17.1. The Morgan fingerprint density at radius 2 is 1.88 bits per heavy atom. The van der Waals surface area contributed by atoms with E-state index in [1.807, 2.05) is 6.92 Å². The molecule has 0 aliphatic carbocycles. The van der Waals surface area contributed by atoms with Crippen molar-refractivity contribution in [1.29, 1.82) is 0 Å². The summed E-state index contributed by atoms with van der Waals surface area (Å²) in [5.74, 6) is 7.90. The molecule has 0 saturated heterocycles. The molecule has 3 rings (SSSR count). The third kappa shape index (κ3) is 4.05. The van der Waals surface area contributed by atoms with Crippen molar-refractivity contribution in [2.75, 3.05) is 5.84 Å². The Hall–Kier alpha value is -2.69. The summed E-state index contributed by atoms with van der Waals surface area (Å²) >= 11 is 1.30. The second-order valence-electron chi connectivity index (χ2n) is 4.81. The van der Waals surface area contributed by atoms with Gasteiger partial charge in [0.1, 0.15) is 5.75 Å². The number of hydrogen-bond acceptors (Lipinski definition) is 8. The average molecular weight is 368 g/mol. The first-order chi connectivity index (χ1) is 12.1. The quantitative estimate of drug-likeness (QED) is 0.501. The zero-order valence-electron chi connectivity index (χ0n) is 13.1. The SMILES string of the molecule is CCc1nnc(CSc2nnc(-c3ccc(OC(F)F)cc3)n2N)o1. The highest BCUT2D eigenvalue weighted by atomic mass is 32.2. The van der Waals surface area contributed by atoms with Crippen LogP contribution in [0.1, 0.15) is 18.7 Å². The molecule has 0 atom stereocenters. The van der Waals surface area contributed by atoms with Crippen LogP contribution in [0.25, 0.3) is 11.4 Å². The standard InChI is InChI=1S/C14H14F2N6O2S/c1-2-10-18-19-11(24-10)7-25-14-21-20-12(22(14)17)8-3-5-9(6-4-8)23-13(15)16/h3-6,13H,2,7,17H2,1H3. The molecule has 0 radical (unpaired) electrons. The number of aromatic nitrogens is 5. The van der Waals surface area contributed by atoms with Crippen molar-refractivity contribution in [3.8, 4) is 17.1 Å². The van der Waals surface area contributed by atoms with E-state index in [2.05, 4.69) is 25.1 Å². The molecule has 0 amide bonds. The maximum Gasteiger partial charge on any atom is 0.387 e. The van der Waals surface area contributed by atoms with E-state index in [4.69, 9.17) is 10.3 Å². The molecule has 0 fully saturated rings. The van der Waals surface area contributed by atoms with E-state index in [9.17, 15) is 8.78 Å². The summed E-state index contributed by atoms with van der Waals surface area (Å²) in [5.41, 5.74) is 0.620. The van der Waals surface area contributed by atoms with Crippen LogP contribution < -0.4 is 10.6 Å². The maximum absolute atomic E-state index is 12.2. The molecule has 0 bridgehead atoms. The molecule has 25 heavy (non-hydrogen) atoms. The predicted octanol–water partition coefficient (Wildman–Crippen LogP) is 2.50. The minimum Gasteiger partial charge on any atom is -0.435 e. The van der Waals surface area contributed by atoms with Gasteiger partial charge in [-0.1, -0.05) is 18.7 Å². The van der Waals surface area contributed by atoms with Crippen LogP contribution in [0.2, 0.25) is 0 Å². The normalized spacial score (nSPS) is 11.2. The summed E-state index contributed by atoms with van der Waals surface area (Å²) in [7, 11) is 0. The monoisotopic (exact) mass is 368 g/mol. The highest BCUT2D eigenvalue weighted by molar-refractivity contribution is 7.98. The van der Waals surface area contributed by atoms with Gasteiger partial charge >= 0.3 is 6.61 Å². The van der Waals surface area contributed by atoms with Gasteiger partial charge in [-0.25, -0.2) is 4.68 Å². The Morgan fingerprint density at radius 1 is 1.16 bits per heavy atom. The van der Waals surface area contributed by atoms with Gasteiger partial charge < -0.3 is 15.0 Å². The zero-order chi connectivity index (χ0) is 17.8. The number of halogens is 2. The predicted molar refractivity (Wildman–Crippen MR) is 85.5 cm³/mol. The van der Waals surface area contributed by atoms with Crippen LogP contribution in [-0.4, -0.2) is 31.7 Å². The van der Waals surface area contributed by atoms with Crippen LogP contribution in [0.15, 0.2) is 33.8 Å². The van der Waals surface area contributed by atoms with E-state index in [-0.39, 0.29) is 5.75 Å². The maximum atomic E-state index is 12.2. The van der Waals surface area contributed by atoms with Crippen molar-refractivity contribution in [3.05, 3.63) is 36.0 Å². The van der Waals surface area contributed by atoms with E-state index in [0.717, 1.165) is 0 Å². The fourth-order valence-electron chi connectivity index (χ4n) is 1.97. The molecule has 0 aliphatic heterocycles. The highest BCUT2D eigenvalue weighted by Crippen LogP contribution is 2.25. The lowest BCUT2D eigenvalue weighted by atomic mass is 10.2. The van der Waals surface area contributed by atoms with Crippen LogP contribution >= 0.6 is 11.8 Å². The summed E-state index contributed by atoms with van der Waals surface area (Å²) in [6.07, 6.45) is 0.667. The minimum absolute atomic E-state index is 0.0551. The molecule has 0 aliphatic rings. The topological polar surface area (TPSA) is 105 Å². The van der Waals surface area contributed by atoms with E-state index < -0.39 is 6.61 Å². The second-order valence-corrected chi connectivity index (χ2v) is 5.75. The van der Waals surface area contributed by atoms with Gasteiger partial charge in [-0.3, -0.25) is 0 Å². The van der Waals surface area contributed by atoms with Gasteiger partial charge in [0, 0.05) is 12.0 Å². The van der Waals surface area contributed by atoms with Crippen molar-refractivity contribution in [3.63, 3.8) is 0 Å². The first-order valence-corrected chi connectivity index (χ1v) is 8.25. The van der Waals surface area contributed by atoms with Gasteiger partial charge in [-0.15, -0.1) is 20.4 Å². The number of benzene rings is 1. The number of aryl methyl sites for hydroxylation is 1. The number of hydrogen-bond donors (Lipinski definition) is 1. The summed E-state index contributed by atoms with van der Waals surface area (Å²) in [6.45, 7) is -0.949. The summed E-state index contributed by atoms with van der Waals surface area (Å²) in [6, 6.07) is 5.97. The fourth-order valence-corrected chi connectivity index (χ4v) is 2.67. The van der Waals surface area contributed by atoms with Crippen molar-refractivity contribution < 1.29 is 17.9 Å². The summed E-state index contributed by atoms with van der Waals surface area (Å²) < 4.78 is 35.4. The molecule has 8 nitrogen and oxygen atoms in total. The van der Waals surface area contributed by atoms with Crippen LogP contribution in [0.5, 0.6) is 5.75 Å². The van der Waals surface area contributed by atoms with Gasteiger partial charge in [0.25, 0.3) is 0 Å². The fraction of sp³-hybridized carbons (Fsp3) is 0.286. The molecule has 2 heterocycles. The Kier molecular flexibility index (Phi) is 5.12. The van der Waals surface area contributed by atoms with Crippen LogP contribution in [0.4, 0.5) is 8.78 Å². The molecule has 2 aromatic heterocycles. The van der Waals surface area contributed by atoms with Crippen molar-refractivity contribution in [2.24, 2.45) is 0 Å².